The third kappa shape index (κ3) is 5.75. The SMILES string of the molecule is C[C@@H](NC(=O)CNc1cccc([N+](=O)[O-])c1)[C@H](c1ccccc1)[NH+]1CCOCC1. The van der Waals surface area contributed by atoms with Crippen molar-refractivity contribution in [1.82, 2.24) is 5.32 Å². The van der Waals surface area contributed by atoms with Crippen molar-refractivity contribution in [2.45, 2.75) is 19.0 Å². The Morgan fingerprint density at radius 1 is 1.17 bits per heavy atom. The molecule has 1 saturated heterocycles. The summed E-state index contributed by atoms with van der Waals surface area (Å²) in [5.41, 5.74) is 1.72. The summed E-state index contributed by atoms with van der Waals surface area (Å²) in [6.07, 6.45) is 0. The van der Waals surface area contributed by atoms with E-state index < -0.39 is 4.92 Å². The van der Waals surface area contributed by atoms with Crippen LogP contribution in [0.2, 0.25) is 0 Å². The molecule has 29 heavy (non-hydrogen) atoms. The van der Waals surface area contributed by atoms with Crippen LogP contribution in [0.4, 0.5) is 11.4 Å². The molecule has 1 fully saturated rings. The standard InChI is InChI=1S/C21H26N4O4/c1-16(21(17-6-3-2-4-7-17)24-10-12-29-13-11-24)23-20(26)15-22-18-8-5-9-19(14-18)25(27)28/h2-9,14,16,21-22H,10-13,15H2,1H3,(H,23,26)/p+1/t16-,21-/m1/s1. The number of amides is 1. The fraction of sp³-hybridized carbons (Fsp3) is 0.381. The number of nitrogens with one attached hydrogen (secondary N) is 3. The number of morpholine rings is 1. The molecular weight excluding hydrogens is 372 g/mol. The van der Waals surface area contributed by atoms with Crippen LogP contribution in [0.1, 0.15) is 18.5 Å². The molecule has 2 atom stereocenters. The van der Waals surface area contributed by atoms with Gasteiger partial charge in [0, 0.05) is 23.4 Å². The van der Waals surface area contributed by atoms with Crippen molar-refractivity contribution in [1.29, 1.82) is 0 Å². The minimum Gasteiger partial charge on any atom is -0.376 e. The molecule has 0 unspecified atom stereocenters. The second-order valence-electron chi connectivity index (χ2n) is 7.18. The molecule has 0 aromatic heterocycles. The van der Waals surface area contributed by atoms with Crippen LogP contribution < -0.4 is 15.5 Å². The summed E-state index contributed by atoms with van der Waals surface area (Å²) < 4.78 is 5.49. The number of carbonyl (C=O) groups is 1. The Kier molecular flexibility index (Phi) is 7.15. The molecule has 8 heteroatoms. The summed E-state index contributed by atoms with van der Waals surface area (Å²) in [6.45, 7) is 5.29. The van der Waals surface area contributed by atoms with Crippen molar-refractivity contribution in [3.63, 3.8) is 0 Å². The predicted molar refractivity (Wildman–Crippen MR) is 110 cm³/mol. The van der Waals surface area contributed by atoms with Gasteiger partial charge in [-0.2, -0.15) is 0 Å². The van der Waals surface area contributed by atoms with Crippen molar-refractivity contribution >= 4 is 17.3 Å². The van der Waals surface area contributed by atoms with E-state index >= 15 is 0 Å². The lowest BCUT2D eigenvalue weighted by Gasteiger charge is -2.35. The lowest BCUT2D eigenvalue weighted by molar-refractivity contribution is -0.940. The summed E-state index contributed by atoms with van der Waals surface area (Å²) in [5.74, 6) is -0.155. The average molecular weight is 399 g/mol. The molecule has 1 amide bonds. The highest BCUT2D eigenvalue weighted by Gasteiger charge is 2.32. The molecule has 1 aliphatic rings. The number of hydrogen-bond donors (Lipinski definition) is 3. The second-order valence-corrected chi connectivity index (χ2v) is 7.18. The molecule has 1 heterocycles. The maximum atomic E-state index is 12.5. The van der Waals surface area contributed by atoms with Gasteiger partial charge < -0.3 is 20.3 Å². The van der Waals surface area contributed by atoms with Crippen LogP contribution in [0, 0.1) is 10.1 Å². The molecule has 3 rings (SSSR count). The average Bonchev–Trinajstić information content (AvgIpc) is 2.74. The fourth-order valence-electron chi connectivity index (χ4n) is 3.78. The Balaban J connectivity index is 1.62. The van der Waals surface area contributed by atoms with Gasteiger partial charge in [0.1, 0.15) is 19.1 Å². The van der Waals surface area contributed by atoms with Crippen LogP contribution >= 0.6 is 0 Å². The minimum atomic E-state index is -0.455. The van der Waals surface area contributed by atoms with Crippen LogP contribution in [0.3, 0.4) is 0 Å². The minimum absolute atomic E-state index is 0.0103. The van der Waals surface area contributed by atoms with E-state index in [9.17, 15) is 14.9 Å². The Labute approximate surface area is 170 Å². The number of nitro benzene ring substituents is 1. The molecule has 154 valence electrons. The number of nitrogens with zero attached hydrogens (tertiary/aromatic N) is 1. The maximum absolute atomic E-state index is 12.5. The largest absolute Gasteiger partial charge is 0.376 e. The third-order valence-corrected chi connectivity index (χ3v) is 5.13. The Morgan fingerprint density at radius 3 is 2.59 bits per heavy atom. The number of nitro groups is 1. The van der Waals surface area contributed by atoms with Gasteiger partial charge in [0.05, 0.1) is 30.7 Å². The Morgan fingerprint density at radius 2 is 1.90 bits per heavy atom. The Hall–Kier alpha value is -2.97. The van der Waals surface area contributed by atoms with Gasteiger partial charge in [-0.1, -0.05) is 36.4 Å². The highest BCUT2D eigenvalue weighted by molar-refractivity contribution is 5.81. The van der Waals surface area contributed by atoms with Gasteiger partial charge in [0.2, 0.25) is 5.91 Å². The molecule has 0 spiro atoms. The first-order valence-electron chi connectivity index (χ1n) is 9.79. The van der Waals surface area contributed by atoms with Crippen molar-refractivity contribution < 1.29 is 19.4 Å². The first-order chi connectivity index (χ1) is 14.0. The van der Waals surface area contributed by atoms with Crippen LogP contribution in [-0.2, 0) is 9.53 Å². The third-order valence-electron chi connectivity index (χ3n) is 5.13. The maximum Gasteiger partial charge on any atom is 0.271 e. The van der Waals surface area contributed by atoms with E-state index in [2.05, 4.69) is 22.8 Å². The van der Waals surface area contributed by atoms with E-state index in [1.165, 1.54) is 22.6 Å². The highest BCUT2D eigenvalue weighted by atomic mass is 16.6. The number of rotatable bonds is 8. The number of benzene rings is 2. The van der Waals surface area contributed by atoms with Gasteiger partial charge >= 0.3 is 0 Å². The van der Waals surface area contributed by atoms with Crippen LogP contribution in [-0.4, -0.2) is 49.7 Å². The quantitative estimate of drug-likeness (QED) is 0.457. The van der Waals surface area contributed by atoms with Gasteiger partial charge in [-0.05, 0) is 13.0 Å². The second kappa shape index (κ2) is 9.99. The number of non-ortho nitro benzene ring substituents is 1. The molecule has 2 aromatic carbocycles. The lowest BCUT2D eigenvalue weighted by Crippen LogP contribution is -3.15. The Bertz CT molecular complexity index is 824. The summed E-state index contributed by atoms with van der Waals surface area (Å²) in [5, 5.41) is 16.9. The molecule has 3 N–H and O–H groups in total. The monoisotopic (exact) mass is 399 g/mol. The van der Waals surface area contributed by atoms with Crippen LogP contribution in [0.5, 0.6) is 0 Å². The number of ether oxygens (including phenoxy) is 1. The number of anilines is 1. The fourth-order valence-corrected chi connectivity index (χ4v) is 3.78. The topological polar surface area (TPSA) is 97.9 Å². The van der Waals surface area contributed by atoms with E-state index in [0.29, 0.717) is 18.9 Å². The molecule has 8 nitrogen and oxygen atoms in total. The first kappa shape index (κ1) is 20.8. The van der Waals surface area contributed by atoms with E-state index in [1.54, 1.807) is 12.1 Å². The van der Waals surface area contributed by atoms with Gasteiger partial charge in [0.15, 0.2) is 0 Å². The predicted octanol–water partition coefficient (Wildman–Crippen LogP) is 1.17. The first-order valence-corrected chi connectivity index (χ1v) is 9.79. The molecular formula is C21H27N4O4+. The van der Waals surface area contributed by atoms with Gasteiger partial charge in [-0.3, -0.25) is 14.9 Å². The number of quaternary nitrogens is 1. The molecule has 0 radical (unpaired) electrons. The normalized spacial score (nSPS) is 16.6. The summed E-state index contributed by atoms with van der Waals surface area (Å²) in [4.78, 5) is 24.3. The molecule has 0 bridgehead atoms. The zero-order valence-electron chi connectivity index (χ0n) is 16.5. The van der Waals surface area contributed by atoms with E-state index in [1.807, 2.05) is 25.1 Å². The lowest BCUT2D eigenvalue weighted by atomic mass is 9.98. The highest BCUT2D eigenvalue weighted by Crippen LogP contribution is 2.17. The van der Waals surface area contributed by atoms with Crippen LogP contribution in [0.15, 0.2) is 54.6 Å². The van der Waals surface area contributed by atoms with E-state index in [-0.39, 0.29) is 30.2 Å². The zero-order chi connectivity index (χ0) is 20.6. The molecule has 0 saturated carbocycles. The van der Waals surface area contributed by atoms with Crippen molar-refractivity contribution in [3.8, 4) is 0 Å². The molecule has 2 aromatic rings. The van der Waals surface area contributed by atoms with E-state index in [4.69, 9.17) is 4.74 Å². The van der Waals surface area contributed by atoms with Gasteiger partial charge in [-0.15, -0.1) is 0 Å². The zero-order valence-corrected chi connectivity index (χ0v) is 16.5. The number of hydrogen-bond acceptors (Lipinski definition) is 5. The van der Waals surface area contributed by atoms with Gasteiger partial charge in [0.25, 0.3) is 5.69 Å². The van der Waals surface area contributed by atoms with Crippen molar-refractivity contribution in [2.75, 3.05) is 38.2 Å². The number of carbonyl (C=O) groups excluding carboxylic acids is 1. The smallest absolute Gasteiger partial charge is 0.271 e. The summed E-state index contributed by atoms with van der Waals surface area (Å²) in [7, 11) is 0. The van der Waals surface area contributed by atoms with Crippen molar-refractivity contribution in [3.05, 3.63) is 70.3 Å². The van der Waals surface area contributed by atoms with Crippen LogP contribution in [0.25, 0.3) is 0 Å². The summed E-state index contributed by atoms with van der Waals surface area (Å²) in [6, 6.07) is 16.4. The molecule has 0 aliphatic carbocycles. The van der Waals surface area contributed by atoms with Crippen molar-refractivity contribution in [2.24, 2.45) is 0 Å². The summed E-state index contributed by atoms with van der Waals surface area (Å²) >= 11 is 0. The van der Waals surface area contributed by atoms with Gasteiger partial charge in [-0.25, -0.2) is 0 Å². The van der Waals surface area contributed by atoms with E-state index in [0.717, 1.165) is 13.1 Å². The molecule has 1 aliphatic heterocycles.